The van der Waals surface area contributed by atoms with Crippen molar-refractivity contribution in [3.8, 4) is 0 Å². The molecule has 0 bridgehead atoms. The molecular formula is C12H15ClN2O2. The summed E-state index contributed by atoms with van der Waals surface area (Å²) >= 11 is 5.78. The molecule has 1 aromatic rings. The highest BCUT2D eigenvalue weighted by atomic mass is 35.5. The zero-order chi connectivity index (χ0) is 12.5. The van der Waals surface area contributed by atoms with Gasteiger partial charge in [0.25, 0.3) is 5.69 Å². The standard InChI is InChI=1S/C12H15ClN2O2/c13-10-3-2-9(11(6-10)15(16)17)7-12(8-14)4-1-5-12/h2-3,6H,1,4-5,7-8,14H2. The SMILES string of the molecule is NCC1(Cc2ccc(Cl)cc2[N+](=O)[O-])CCC1. The Kier molecular flexibility index (Phi) is 3.35. The van der Waals surface area contributed by atoms with Crippen LogP contribution in [0, 0.1) is 15.5 Å². The van der Waals surface area contributed by atoms with Crippen molar-refractivity contribution in [2.45, 2.75) is 25.7 Å². The Labute approximate surface area is 105 Å². The van der Waals surface area contributed by atoms with Gasteiger partial charge in [0.05, 0.1) is 4.92 Å². The molecule has 2 rings (SSSR count). The van der Waals surface area contributed by atoms with Crippen molar-refractivity contribution in [3.05, 3.63) is 38.9 Å². The van der Waals surface area contributed by atoms with E-state index in [1.54, 1.807) is 12.1 Å². The summed E-state index contributed by atoms with van der Waals surface area (Å²) in [6, 6.07) is 4.86. The van der Waals surface area contributed by atoms with E-state index >= 15 is 0 Å². The van der Waals surface area contributed by atoms with E-state index in [0.29, 0.717) is 18.0 Å². The second-order valence-corrected chi connectivity index (χ2v) is 5.20. The molecule has 0 saturated heterocycles. The number of nitrogens with zero attached hydrogens (tertiary/aromatic N) is 1. The summed E-state index contributed by atoms with van der Waals surface area (Å²) in [7, 11) is 0. The number of hydrogen-bond acceptors (Lipinski definition) is 3. The monoisotopic (exact) mass is 254 g/mol. The van der Waals surface area contributed by atoms with Crippen LogP contribution in [-0.2, 0) is 6.42 Å². The molecule has 0 atom stereocenters. The van der Waals surface area contributed by atoms with E-state index in [-0.39, 0.29) is 16.0 Å². The summed E-state index contributed by atoms with van der Waals surface area (Å²) in [5.41, 5.74) is 6.69. The summed E-state index contributed by atoms with van der Waals surface area (Å²) in [5, 5.41) is 11.4. The normalized spacial score (nSPS) is 17.5. The first kappa shape index (κ1) is 12.3. The van der Waals surface area contributed by atoms with Crippen LogP contribution in [-0.4, -0.2) is 11.5 Å². The quantitative estimate of drug-likeness (QED) is 0.663. The van der Waals surface area contributed by atoms with Gasteiger partial charge in [0.1, 0.15) is 0 Å². The first-order chi connectivity index (χ1) is 8.06. The molecule has 0 radical (unpaired) electrons. The van der Waals surface area contributed by atoms with E-state index < -0.39 is 0 Å². The van der Waals surface area contributed by atoms with E-state index in [0.717, 1.165) is 18.4 Å². The number of nitro groups is 1. The van der Waals surface area contributed by atoms with Crippen molar-refractivity contribution in [2.75, 3.05) is 6.54 Å². The predicted octanol–water partition coefficient (Wildman–Crippen LogP) is 2.92. The average molecular weight is 255 g/mol. The first-order valence-electron chi connectivity index (χ1n) is 5.69. The Morgan fingerprint density at radius 2 is 2.18 bits per heavy atom. The molecule has 0 aromatic heterocycles. The third kappa shape index (κ3) is 2.42. The third-order valence-corrected chi connectivity index (χ3v) is 3.89. The van der Waals surface area contributed by atoms with Gasteiger partial charge in [0.15, 0.2) is 0 Å². The minimum absolute atomic E-state index is 0.0680. The summed E-state index contributed by atoms with van der Waals surface area (Å²) in [4.78, 5) is 10.6. The molecule has 0 amide bonds. The Bertz CT molecular complexity index is 439. The summed E-state index contributed by atoms with van der Waals surface area (Å²) in [5.74, 6) is 0. The highest BCUT2D eigenvalue weighted by Gasteiger charge is 2.37. The third-order valence-electron chi connectivity index (χ3n) is 3.66. The highest BCUT2D eigenvalue weighted by Crippen LogP contribution is 2.44. The Hall–Kier alpha value is -1.13. The predicted molar refractivity (Wildman–Crippen MR) is 67.1 cm³/mol. The molecule has 1 saturated carbocycles. The molecule has 1 aromatic carbocycles. The number of nitro benzene ring substituents is 1. The molecule has 5 heteroatoms. The van der Waals surface area contributed by atoms with Crippen LogP contribution in [0.2, 0.25) is 5.02 Å². The molecule has 0 unspecified atom stereocenters. The summed E-state index contributed by atoms with van der Waals surface area (Å²) in [6.07, 6.45) is 3.96. The zero-order valence-corrected chi connectivity index (χ0v) is 10.2. The fourth-order valence-corrected chi connectivity index (χ4v) is 2.56. The molecule has 4 nitrogen and oxygen atoms in total. The Morgan fingerprint density at radius 1 is 1.47 bits per heavy atom. The van der Waals surface area contributed by atoms with E-state index in [4.69, 9.17) is 17.3 Å². The second-order valence-electron chi connectivity index (χ2n) is 4.76. The van der Waals surface area contributed by atoms with E-state index in [2.05, 4.69) is 0 Å². The van der Waals surface area contributed by atoms with Gasteiger partial charge in [-0.1, -0.05) is 24.1 Å². The van der Waals surface area contributed by atoms with E-state index in [1.165, 1.54) is 12.5 Å². The van der Waals surface area contributed by atoms with Crippen LogP contribution in [0.5, 0.6) is 0 Å². The maximum absolute atomic E-state index is 11.0. The van der Waals surface area contributed by atoms with Crippen molar-refractivity contribution >= 4 is 17.3 Å². The lowest BCUT2D eigenvalue weighted by molar-refractivity contribution is -0.385. The lowest BCUT2D eigenvalue weighted by Gasteiger charge is -2.41. The molecule has 0 heterocycles. The van der Waals surface area contributed by atoms with Gasteiger partial charge in [0.2, 0.25) is 0 Å². The van der Waals surface area contributed by atoms with Gasteiger partial charge >= 0.3 is 0 Å². The van der Waals surface area contributed by atoms with Gasteiger partial charge in [-0.2, -0.15) is 0 Å². The smallest absolute Gasteiger partial charge is 0.274 e. The molecule has 1 aliphatic rings. The molecule has 92 valence electrons. The van der Waals surface area contributed by atoms with Gasteiger partial charge in [-0.25, -0.2) is 0 Å². The number of rotatable bonds is 4. The maximum Gasteiger partial charge on any atom is 0.274 e. The van der Waals surface area contributed by atoms with Crippen LogP contribution in [0.4, 0.5) is 5.69 Å². The Morgan fingerprint density at radius 3 is 2.65 bits per heavy atom. The number of hydrogen-bond donors (Lipinski definition) is 1. The van der Waals surface area contributed by atoms with Crippen molar-refractivity contribution in [2.24, 2.45) is 11.1 Å². The molecule has 17 heavy (non-hydrogen) atoms. The largest absolute Gasteiger partial charge is 0.330 e. The first-order valence-corrected chi connectivity index (χ1v) is 6.07. The lowest BCUT2D eigenvalue weighted by Crippen LogP contribution is -2.39. The molecule has 1 fully saturated rings. The summed E-state index contributed by atoms with van der Waals surface area (Å²) < 4.78 is 0. The minimum Gasteiger partial charge on any atom is -0.330 e. The maximum atomic E-state index is 11.0. The summed E-state index contributed by atoms with van der Waals surface area (Å²) in [6.45, 7) is 0.590. The van der Waals surface area contributed by atoms with Gasteiger partial charge in [-0.3, -0.25) is 10.1 Å². The van der Waals surface area contributed by atoms with Crippen molar-refractivity contribution < 1.29 is 4.92 Å². The number of benzene rings is 1. The fourth-order valence-electron chi connectivity index (χ4n) is 2.39. The van der Waals surface area contributed by atoms with Crippen molar-refractivity contribution in [3.63, 3.8) is 0 Å². The van der Waals surface area contributed by atoms with Gasteiger partial charge in [-0.05, 0) is 37.3 Å². The van der Waals surface area contributed by atoms with Crippen LogP contribution in [0.15, 0.2) is 18.2 Å². The van der Waals surface area contributed by atoms with Crippen molar-refractivity contribution in [1.82, 2.24) is 0 Å². The minimum atomic E-state index is -0.371. The van der Waals surface area contributed by atoms with Crippen LogP contribution in [0.3, 0.4) is 0 Å². The van der Waals surface area contributed by atoms with Crippen LogP contribution in [0.1, 0.15) is 24.8 Å². The Balaban J connectivity index is 2.29. The van der Waals surface area contributed by atoms with Crippen LogP contribution in [0.25, 0.3) is 0 Å². The number of halogens is 1. The molecule has 0 aliphatic heterocycles. The molecule has 1 aliphatic carbocycles. The van der Waals surface area contributed by atoms with E-state index in [1.807, 2.05) is 0 Å². The van der Waals surface area contributed by atoms with E-state index in [9.17, 15) is 10.1 Å². The molecule has 2 N–H and O–H groups in total. The van der Waals surface area contributed by atoms with Gasteiger partial charge in [0, 0.05) is 16.7 Å². The van der Waals surface area contributed by atoms with Gasteiger partial charge in [-0.15, -0.1) is 0 Å². The molecule has 0 spiro atoms. The van der Waals surface area contributed by atoms with Crippen molar-refractivity contribution in [1.29, 1.82) is 0 Å². The van der Waals surface area contributed by atoms with Crippen LogP contribution >= 0.6 is 11.6 Å². The van der Waals surface area contributed by atoms with Gasteiger partial charge < -0.3 is 5.73 Å². The average Bonchev–Trinajstić information content (AvgIpc) is 2.25. The van der Waals surface area contributed by atoms with Crippen LogP contribution < -0.4 is 5.73 Å². The molecular weight excluding hydrogens is 240 g/mol. The fraction of sp³-hybridized carbons (Fsp3) is 0.500. The zero-order valence-electron chi connectivity index (χ0n) is 9.49. The number of nitrogens with two attached hydrogens (primary N) is 1. The topological polar surface area (TPSA) is 69.2 Å². The lowest BCUT2D eigenvalue weighted by atomic mass is 9.65. The second kappa shape index (κ2) is 4.63. The highest BCUT2D eigenvalue weighted by molar-refractivity contribution is 6.30.